The van der Waals surface area contributed by atoms with Crippen LogP contribution < -0.4 is 5.32 Å². The molecular weight excluding hydrogens is 827 g/mol. The van der Waals surface area contributed by atoms with Crippen LogP contribution in [0.15, 0.2) is 74.2 Å². The molecule has 3 fully saturated rings. The van der Waals surface area contributed by atoms with Crippen LogP contribution in [-0.2, 0) is 38.6 Å². The average Bonchev–Trinajstić information content (AvgIpc) is 4.11. The minimum atomic E-state index is -1.18. The summed E-state index contributed by atoms with van der Waals surface area (Å²) < 4.78 is 2.00. The van der Waals surface area contributed by atoms with E-state index in [-0.39, 0.29) is 67.3 Å². The van der Waals surface area contributed by atoms with Gasteiger partial charge >= 0.3 is 0 Å². The number of hydrogen-bond donors (Lipinski definition) is 3. The lowest BCUT2D eigenvalue weighted by atomic mass is 9.80. The highest BCUT2D eigenvalue weighted by Gasteiger charge is 2.44. The molecule has 3 N–H and O–H groups in total. The number of ketones is 1. The molecule has 0 bridgehead atoms. The summed E-state index contributed by atoms with van der Waals surface area (Å²) in [6.07, 6.45) is 19.4. The molecule has 2 saturated heterocycles. The molecule has 2 aliphatic heterocycles. The number of aliphatic hydroxyl groups excluding tert-OH is 1. The third-order valence-corrected chi connectivity index (χ3v) is 13.5. The second-order valence-corrected chi connectivity index (χ2v) is 17.9. The fourth-order valence-electron chi connectivity index (χ4n) is 9.86. The zero-order valence-corrected chi connectivity index (χ0v) is 38.5. The molecule has 342 valence electrons. The number of aromatic nitrogens is 4. The van der Waals surface area contributed by atoms with Gasteiger partial charge in [-0.15, -0.1) is 31.4 Å². The molecule has 1 aromatic carbocycles. The normalized spacial score (nSPS) is 20.6. The molecule has 15 heteroatoms. The van der Waals surface area contributed by atoms with Gasteiger partial charge in [-0.2, -0.15) is 0 Å². The largest absolute Gasteiger partial charge is 0.391 e. The Balaban J connectivity index is 0.00000422. The van der Waals surface area contributed by atoms with Gasteiger partial charge in [-0.05, 0) is 74.8 Å². The molecule has 2 aromatic heterocycles. The smallest absolute Gasteiger partial charge is 0.243 e. The van der Waals surface area contributed by atoms with Gasteiger partial charge in [-0.3, -0.25) is 24.1 Å². The van der Waals surface area contributed by atoms with Crippen molar-refractivity contribution in [3.05, 3.63) is 85.5 Å². The number of halogens is 2. The van der Waals surface area contributed by atoms with E-state index < -0.39 is 41.8 Å². The first-order valence-electron chi connectivity index (χ1n) is 22.5. The number of carbonyl (C=O) groups is 4. The van der Waals surface area contributed by atoms with Crippen molar-refractivity contribution in [3.63, 3.8) is 0 Å². The molecule has 3 amide bonds. The highest BCUT2D eigenvalue weighted by molar-refractivity contribution is 6.05. The summed E-state index contributed by atoms with van der Waals surface area (Å²) in [6.45, 7) is 11.0. The first-order valence-corrected chi connectivity index (χ1v) is 22.5. The Labute approximate surface area is 380 Å². The summed E-state index contributed by atoms with van der Waals surface area (Å²) >= 11 is 0. The van der Waals surface area contributed by atoms with E-state index in [9.17, 15) is 19.5 Å². The Bertz CT molecular complexity index is 1820. The molecule has 13 nitrogen and oxygen atoms in total. The minimum Gasteiger partial charge on any atom is -0.391 e. The number of likely N-dealkylation sites (tertiary alicyclic amines) is 2. The van der Waals surface area contributed by atoms with Crippen LogP contribution in [0, 0.1) is 23.7 Å². The quantitative estimate of drug-likeness (QED) is 0.0861. The van der Waals surface area contributed by atoms with Gasteiger partial charge in [-0.25, -0.2) is 9.97 Å². The Morgan fingerprint density at radius 1 is 0.968 bits per heavy atom. The standard InChI is InChI=1S/C47H68N8O5.2ClH/c1-5-36(33(2)3)28-43(56)42(27-35-16-10-7-11-17-35)52(4)46(59)38(29-37-30-49-31-50-37)44(57)39(26-34-14-8-6-9-15-34)51-45(58)40-18-13-22-55(40)47(60)41-19-12-21-54(41)25-24-53-23-20-48-32-53;;/h5-6,8-9,14-15,20,23,30-33,35-36,38-43,56H,1,7,10-13,16-19,21-22,24-29H2,2-4H3,(H,49,50)(H,51,58);2*1H/t36-,38-,39-,40-,41+,42-,43-;;/m0../s1. The van der Waals surface area contributed by atoms with E-state index in [1.165, 1.54) is 12.7 Å². The van der Waals surface area contributed by atoms with Crippen molar-refractivity contribution in [2.75, 3.05) is 26.7 Å². The second kappa shape index (κ2) is 24.7. The van der Waals surface area contributed by atoms with Crippen LogP contribution in [0.25, 0.3) is 0 Å². The first kappa shape index (κ1) is 50.6. The number of H-pyrrole nitrogens is 1. The minimum absolute atomic E-state index is 0. The maximum absolute atomic E-state index is 15.1. The molecule has 1 aliphatic carbocycles. The Hall–Kier alpha value is -4.04. The van der Waals surface area contributed by atoms with E-state index in [0.29, 0.717) is 50.4 Å². The molecular formula is C47H70Cl2N8O5. The van der Waals surface area contributed by atoms with E-state index >= 15 is 4.79 Å². The van der Waals surface area contributed by atoms with Gasteiger partial charge in [0.25, 0.3) is 0 Å². The molecule has 7 atom stereocenters. The van der Waals surface area contributed by atoms with Crippen LogP contribution >= 0.6 is 24.8 Å². The summed E-state index contributed by atoms with van der Waals surface area (Å²) in [7, 11) is 1.72. The predicted octanol–water partition coefficient (Wildman–Crippen LogP) is 6.07. The van der Waals surface area contributed by atoms with E-state index in [1.807, 2.05) is 47.2 Å². The number of Topliss-reactive ketones (excluding diaryl/α,β-unsaturated/α-hetero) is 1. The Morgan fingerprint density at radius 3 is 2.35 bits per heavy atom. The number of nitrogens with one attached hydrogen (secondary N) is 2. The van der Waals surface area contributed by atoms with Crippen LogP contribution in [0.1, 0.15) is 95.7 Å². The lowest BCUT2D eigenvalue weighted by molar-refractivity contribution is -0.146. The maximum atomic E-state index is 15.1. The first-order chi connectivity index (χ1) is 29.0. The van der Waals surface area contributed by atoms with Crippen LogP contribution in [-0.4, -0.2) is 120 Å². The Kier molecular flexibility index (Phi) is 20.2. The number of allylic oxidation sites excluding steroid dienone is 1. The second-order valence-electron chi connectivity index (χ2n) is 17.9. The van der Waals surface area contributed by atoms with E-state index in [4.69, 9.17) is 0 Å². The zero-order valence-electron chi connectivity index (χ0n) is 36.9. The number of aromatic amines is 1. The van der Waals surface area contributed by atoms with E-state index in [0.717, 1.165) is 57.2 Å². The third-order valence-electron chi connectivity index (χ3n) is 13.5. The van der Waals surface area contributed by atoms with Gasteiger partial charge in [0, 0.05) is 51.7 Å². The third kappa shape index (κ3) is 13.2. The number of carbonyl (C=O) groups excluding carboxylic acids is 4. The van der Waals surface area contributed by atoms with Crippen molar-refractivity contribution < 1.29 is 24.3 Å². The lowest BCUT2D eigenvalue weighted by Crippen LogP contribution is -2.57. The maximum Gasteiger partial charge on any atom is 0.243 e. The van der Waals surface area contributed by atoms with E-state index in [2.05, 4.69) is 45.6 Å². The van der Waals surface area contributed by atoms with Gasteiger partial charge in [0.2, 0.25) is 17.7 Å². The highest BCUT2D eigenvalue weighted by Crippen LogP contribution is 2.33. The molecule has 3 aliphatic rings. The molecule has 0 spiro atoms. The summed E-state index contributed by atoms with van der Waals surface area (Å²) in [4.78, 5) is 75.8. The number of hydrogen-bond acceptors (Lipinski definition) is 8. The van der Waals surface area contributed by atoms with Crippen molar-refractivity contribution in [1.82, 2.24) is 39.5 Å². The van der Waals surface area contributed by atoms with Crippen molar-refractivity contribution >= 4 is 48.3 Å². The predicted molar refractivity (Wildman–Crippen MR) is 246 cm³/mol. The fraction of sp³-hybridized carbons (Fsp3) is 0.617. The molecule has 0 unspecified atom stereocenters. The summed E-state index contributed by atoms with van der Waals surface area (Å²) in [5.41, 5.74) is 1.39. The van der Waals surface area contributed by atoms with Crippen molar-refractivity contribution in [2.45, 2.75) is 134 Å². The summed E-state index contributed by atoms with van der Waals surface area (Å²) in [6, 6.07) is 6.91. The number of likely N-dealkylation sites (N-methyl/N-ethyl adjacent to an activating group) is 1. The summed E-state index contributed by atoms with van der Waals surface area (Å²) in [5.74, 6) is -1.73. The van der Waals surface area contributed by atoms with Crippen LogP contribution in [0.3, 0.4) is 0 Å². The molecule has 4 heterocycles. The zero-order chi connectivity index (χ0) is 42.6. The van der Waals surface area contributed by atoms with Gasteiger partial charge in [0.1, 0.15) is 12.0 Å². The molecule has 6 rings (SSSR count). The van der Waals surface area contributed by atoms with Gasteiger partial charge in [-0.1, -0.05) is 82.4 Å². The van der Waals surface area contributed by atoms with Crippen molar-refractivity contribution in [1.29, 1.82) is 0 Å². The van der Waals surface area contributed by atoms with E-state index in [1.54, 1.807) is 35.6 Å². The lowest BCUT2D eigenvalue weighted by Gasteiger charge is -2.38. The Morgan fingerprint density at radius 2 is 1.69 bits per heavy atom. The SMILES string of the molecule is C=C[C@@H](C[C@H](O)[C@H](CC1CCCCC1)N(C)C(=O)[C@@H](Cc1c[nH]cn1)C(=O)[C@H](Cc1ccccc1)NC(=O)[C@@H]1CCCN1C(=O)[C@H]1CCCN1CCn1ccnc1)C(C)C.Cl.Cl. The van der Waals surface area contributed by atoms with Crippen LogP contribution in [0.5, 0.6) is 0 Å². The monoisotopic (exact) mass is 896 g/mol. The number of imidazole rings is 2. The fourth-order valence-corrected chi connectivity index (χ4v) is 9.86. The molecule has 62 heavy (non-hydrogen) atoms. The summed E-state index contributed by atoms with van der Waals surface area (Å²) in [5, 5.41) is 15.0. The van der Waals surface area contributed by atoms with Crippen molar-refractivity contribution in [2.24, 2.45) is 23.7 Å². The van der Waals surface area contributed by atoms with Crippen LogP contribution in [0.2, 0.25) is 0 Å². The number of amides is 3. The molecule has 3 aromatic rings. The van der Waals surface area contributed by atoms with Gasteiger partial charge in [0.05, 0.1) is 42.6 Å². The average molecular weight is 898 g/mol. The molecule has 1 saturated carbocycles. The number of benzene rings is 1. The number of aliphatic hydroxyl groups is 1. The topological polar surface area (TPSA) is 157 Å². The number of rotatable bonds is 21. The van der Waals surface area contributed by atoms with Crippen LogP contribution in [0.4, 0.5) is 0 Å². The van der Waals surface area contributed by atoms with Gasteiger partial charge < -0.3 is 29.8 Å². The van der Waals surface area contributed by atoms with Crippen molar-refractivity contribution in [3.8, 4) is 0 Å². The number of nitrogens with zero attached hydrogens (tertiary/aromatic N) is 6. The van der Waals surface area contributed by atoms with Gasteiger partial charge in [0.15, 0.2) is 5.78 Å². The molecule has 0 radical (unpaired) electrons. The highest BCUT2D eigenvalue weighted by atomic mass is 35.5.